The Hall–Kier alpha value is -3.16. The summed E-state index contributed by atoms with van der Waals surface area (Å²) in [5.74, 6) is -11.9. The van der Waals surface area contributed by atoms with Gasteiger partial charge in [-0.3, -0.25) is 38.4 Å². The van der Waals surface area contributed by atoms with Gasteiger partial charge in [-0.1, -0.05) is 0 Å². The maximum Gasteiger partial charge on any atom is 0.213 e. The van der Waals surface area contributed by atoms with E-state index in [-0.39, 0.29) is 0 Å². The van der Waals surface area contributed by atoms with Crippen LogP contribution in [0, 0.1) is 0 Å². The van der Waals surface area contributed by atoms with E-state index >= 15 is 0 Å². The third-order valence-electron chi connectivity index (χ3n) is 9.71. The molecule has 0 bridgehead atoms. The summed E-state index contributed by atoms with van der Waals surface area (Å²) in [7, 11) is 0. The number of hydrogen-bond donors (Lipinski definition) is 9. The zero-order valence-electron chi connectivity index (χ0n) is 29.4. The van der Waals surface area contributed by atoms with Crippen LogP contribution in [0.4, 0.5) is 0 Å². The largest absolute Gasteiger partial charge is 0.388 e. The molecule has 21 nitrogen and oxygen atoms in total. The van der Waals surface area contributed by atoms with E-state index in [1.807, 2.05) is 0 Å². The fourth-order valence-corrected chi connectivity index (χ4v) is 6.62. The van der Waals surface area contributed by atoms with Gasteiger partial charge in [0.1, 0.15) is 30.5 Å². The number of ether oxygens (including phenoxy) is 4. The molecule has 0 saturated carbocycles. The molecule has 2 saturated heterocycles. The van der Waals surface area contributed by atoms with E-state index < -0.39 is 136 Å². The Morgan fingerprint density at radius 2 is 0.731 bits per heavy atom. The average molecular weight is 753 g/mol. The number of aliphatic hydroxyl groups excluding tert-OH is 3. The van der Waals surface area contributed by atoms with Gasteiger partial charge in [0.2, 0.25) is 22.4 Å². The maximum atomic E-state index is 12.9. The van der Waals surface area contributed by atoms with Gasteiger partial charge >= 0.3 is 0 Å². The minimum atomic E-state index is -3.88. The molecule has 0 aromatic carbocycles. The molecule has 0 spiro atoms. The molecule has 0 aromatic heterocycles. The summed E-state index contributed by atoms with van der Waals surface area (Å²) in [6, 6.07) is 0. The molecule has 2 heterocycles. The molecule has 2 aliphatic heterocycles. The van der Waals surface area contributed by atoms with Crippen molar-refractivity contribution in [2.75, 3.05) is 13.2 Å². The molecule has 2 aliphatic rings. The normalized spacial score (nSPS) is 39.5. The number of Topliss-reactive ketones (excluding diaryl/α,β-unsaturated/α-hetero) is 8. The van der Waals surface area contributed by atoms with Crippen molar-refractivity contribution in [3.63, 3.8) is 0 Å². The molecule has 21 heteroatoms. The zero-order chi connectivity index (χ0) is 40.9. The van der Waals surface area contributed by atoms with E-state index in [1.54, 1.807) is 0 Å². The van der Waals surface area contributed by atoms with E-state index in [4.69, 9.17) is 18.9 Å². The Kier molecular flexibility index (Phi) is 12.9. The van der Waals surface area contributed by atoms with Crippen LogP contribution in [0.3, 0.4) is 0 Å². The fourth-order valence-electron chi connectivity index (χ4n) is 6.62. The van der Waals surface area contributed by atoms with Crippen LogP contribution < -0.4 is 0 Å². The number of aliphatic hydroxyl groups is 9. The van der Waals surface area contributed by atoms with Crippen LogP contribution in [0.15, 0.2) is 0 Å². The molecule has 9 N–H and O–H groups in total. The van der Waals surface area contributed by atoms with Crippen molar-refractivity contribution in [1.82, 2.24) is 0 Å². The van der Waals surface area contributed by atoms with Crippen molar-refractivity contribution in [2.45, 2.75) is 132 Å². The van der Waals surface area contributed by atoms with Crippen LogP contribution in [0.2, 0.25) is 0 Å². The maximum absolute atomic E-state index is 12.9. The lowest BCUT2D eigenvalue weighted by atomic mass is 9.60. The third-order valence-corrected chi connectivity index (χ3v) is 9.71. The molecule has 52 heavy (non-hydrogen) atoms. The van der Waals surface area contributed by atoms with Crippen molar-refractivity contribution in [2.24, 2.45) is 0 Å². The molecular formula is C31H44O21. The second kappa shape index (κ2) is 14.9. The van der Waals surface area contributed by atoms with Crippen molar-refractivity contribution in [3.05, 3.63) is 0 Å². The number of carbonyl (C=O) groups excluding carboxylic acids is 8. The van der Waals surface area contributed by atoms with Gasteiger partial charge in [-0.25, -0.2) is 0 Å². The smallest absolute Gasteiger partial charge is 0.213 e. The average Bonchev–Trinajstić information content (AvgIpc) is 3.03. The van der Waals surface area contributed by atoms with Gasteiger partial charge in [0.05, 0.1) is 13.2 Å². The highest BCUT2D eigenvalue weighted by molar-refractivity contribution is 6.07. The van der Waals surface area contributed by atoms with E-state index in [1.165, 1.54) is 0 Å². The fraction of sp³-hybridized carbons (Fsp3) is 0.742. The lowest BCUT2D eigenvalue weighted by Gasteiger charge is -2.58. The predicted molar refractivity (Wildman–Crippen MR) is 162 cm³/mol. The van der Waals surface area contributed by atoms with E-state index in [0.29, 0.717) is 41.5 Å². The van der Waals surface area contributed by atoms with Crippen LogP contribution in [-0.2, 0) is 57.3 Å². The van der Waals surface area contributed by atoms with Crippen LogP contribution >= 0.6 is 0 Å². The Balaban J connectivity index is 2.60. The Labute approximate surface area is 295 Å². The number of hydrogen-bond acceptors (Lipinski definition) is 21. The van der Waals surface area contributed by atoms with Crippen LogP contribution in [0.1, 0.15) is 55.4 Å². The molecule has 2 fully saturated rings. The number of rotatable bonds is 16. The van der Waals surface area contributed by atoms with Gasteiger partial charge < -0.3 is 64.9 Å². The number of carbonyl (C=O) groups is 8. The van der Waals surface area contributed by atoms with Crippen molar-refractivity contribution >= 4 is 46.3 Å². The lowest BCUT2D eigenvalue weighted by molar-refractivity contribution is -0.380. The van der Waals surface area contributed by atoms with Gasteiger partial charge in [-0.05, 0) is 55.4 Å². The van der Waals surface area contributed by atoms with Gasteiger partial charge in [-0.15, -0.1) is 0 Å². The van der Waals surface area contributed by atoms with E-state index in [9.17, 15) is 84.3 Å². The minimum absolute atomic E-state index is 0.538. The highest BCUT2D eigenvalue weighted by Gasteiger charge is 2.81. The third kappa shape index (κ3) is 6.12. The predicted octanol–water partition coefficient (Wildman–Crippen LogP) is -6.35. The quantitative estimate of drug-likeness (QED) is 0.0708. The first-order valence-corrected chi connectivity index (χ1v) is 15.5. The summed E-state index contributed by atoms with van der Waals surface area (Å²) in [6.07, 6.45) is -17.7. The van der Waals surface area contributed by atoms with Crippen LogP contribution in [0.25, 0.3) is 0 Å². The van der Waals surface area contributed by atoms with Crippen molar-refractivity contribution in [1.29, 1.82) is 0 Å². The van der Waals surface area contributed by atoms with E-state index in [2.05, 4.69) is 0 Å². The minimum Gasteiger partial charge on any atom is -0.388 e. The SMILES string of the molecule is CC(=O)C(O)[C@H]1OC(OCC(O)COC2O[C@H](C(O)C(C)=O)[C@@](O)(C(C)=O)[C@@](O)(C(C)=O)[C@]2(O)C(C)=O)[C@@](O)(C(C)=O)[C@](O)(C(C)=O)[C@]1(O)C(C)=O. The highest BCUT2D eigenvalue weighted by Crippen LogP contribution is 2.49. The second-order valence-electron chi connectivity index (χ2n) is 13.0. The molecular weight excluding hydrogens is 708 g/mol. The van der Waals surface area contributed by atoms with Crippen molar-refractivity contribution in [3.8, 4) is 0 Å². The second-order valence-corrected chi connectivity index (χ2v) is 13.0. The van der Waals surface area contributed by atoms with Crippen LogP contribution in [0.5, 0.6) is 0 Å². The van der Waals surface area contributed by atoms with Crippen molar-refractivity contribution < 1.29 is 103 Å². The topological polar surface area (TPSA) is 356 Å². The number of ketones is 8. The standard InChI is InChI=1S/C31H44O21/c1-11(32)20(41)22-26(43,13(3)34)30(47,17(7)38)28(45,15(5)36)24(51-22)49-9-19(40)10-50-25-29(46,16(6)37)31(48,18(8)39)27(44,14(4)35)23(52-25)21(42)12(2)33/h19-25,40-48H,9-10H2,1-8H3/t19?,20?,21?,22-,23-,24?,25?,26+,27+,28+,29+,30+,31+/m1/s1. The molecule has 0 amide bonds. The molecule has 0 radical (unpaired) electrons. The first kappa shape index (κ1) is 45.0. The Morgan fingerprint density at radius 1 is 0.481 bits per heavy atom. The summed E-state index contributed by atoms with van der Waals surface area (Å²) in [4.78, 5) is 101. The first-order valence-electron chi connectivity index (χ1n) is 15.5. The van der Waals surface area contributed by atoms with Gasteiger partial charge in [-0.2, -0.15) is 0 Å². The summed E-state index contributed by atoms with van der Waals surface area (Å²) < 4.78 is 21.1. The molecule has 0 aliphatic carbocycles. The van der Waals surface area contributed by atoms with Gasteiger partial charge in [0, 0.05) is 0 Å². The first-order chi connectivity index (χ1) is 23.5. The van der Waals surface area contributed by atoms with Gasteiger partial charge in [0.25, 0.3) is 0 Å². The summed E-state index contributed by atoms with van der Waals surface area (Å²) >= 11 is 0. The molecule has 2 rings (SSSR count). The Morgan fingerprint density at radius 3 is 0.923 bits per heavy atom. The zero-order valence-corrected chi connectivity index (χ0v) is 29.4. The summed E-state index contributed by atoms with van der Waals surface area (Å²) in [5, 5.41) is 101. The summed E-state index contributed by atoms with van der Waals surface area (Å²) in [6.45, 7) is 2.44. The molecule has 294 valence electrons. The highest BCUT2D eigenvalue weighted by atomic mass is 16.7. The molecule has 12 atom stereocenters. The Bertz CT molecular complexity index is 1420. The van der Waals surface area contributed by atoms with Gasteiger partial charge in [0.15, 0.2) is 70.0 Å². The van der Waals surface area contributed by atoms with E-state index in [0.717, 1.165) is 13.8 Å². The lowest BCUT2D eigenvalue weighted by Crippen LogP contribution is -2.87. The molecule has 4 unspecified atom stereocenters. The monoisotopic (exact) mass is 752 g/mol. The summed E-state index contributed by atoms with van der Waals surface area (Å²) in [5.41, 5.74) is -22.5. The molecule has 0 aromatic rings. The van der Waals surface area contributed by atoms with Crippen LogP contribution in [-0.4, -0.2) is 182 Å².